The minimum Gasteiger partial charge on any atom is -0.497 e. The van der Waals surface area contributed by atoms with Gasteiger partial charge in [0.15, 0.2) is 11.6 Å². The average Bonchev–Trinajstić information content (AvgIpc) is 2.53. The highest BCUT2D eigenvalue weighted by Gasteiger charge is 2.12. The van der Waals surface area contributed by atoms with Crippen molar-refractivity contribution in [3.05, 3.63) is 52.7 Å². The quantitative estimate of drug-likeness (QED) is 0.760. The van der Waals surface area contributed by atoms with Crippen molar-refractivity contribution in [2.24, 2.45) is 0 Å². The molecule has 0 bridgehead atoms. The lowest BCUT2D eigenvalue weighted by atomic mass is 10.0. The van der Waals surface area contributed by atoms with Crippen molar-refractivity contribution in [3.63, 3.8) is 0 Å². The van der Waals surface area contributed by atoms with Crippen LogP contribution in [0.25, 0.3) is 0 Å². The molecule has 0 radical (unpaired) electrons. The zero-order chi connectivity index (χ0) is 17.7. The molecule has 2 rings (SSSR count). The second-order valence-electron chi connectivity index (χ2n) is 6.03. The molecule has 2 aromatic rings. The summed E-state index contributed by atoms with van der Waals surface area (Å²) in [6.45, 7) is 0.776. The highest BCUT2D eigenvalue weighted by atomic mass is 35.5. The number of pyridine rings is 1. The van der Waals surface area contributed by atoms with E-state index in [1.165, 1.54) is 6.07 Å². The second kappa shape index (κ2) is 11.2. The number of hydrogen-bond acceptors (Lipinski definition) is 4. The Bertz CT molecular complexity index is 715. The molecule has 26 heavy (non-hydrogen) atoms. The van der Waals surface area contributed by atoms with Gasteiger partial charge in [0, 0.05) is 24.4 Å². The summed E-state index contributed by atoms with van der Waals surface area (Å²) in [7, 11) is 5.43. The summed E-state index contributed by atoms with van der Waals surface area (Å²) in [5.74, 6) is -0.654. The van der Waals surface area contributed by atoms with Crippen LogP contribution < -0.4 is 10.5 Å². The van der Waals surface area contributed by atoms with Gasteiger partial charge in [-0.3, -0.25) is 0 Å². The van der Waals surface area contributed by atoms with E-state index in [9.17, 15) is 8.78 Å². The summed E-state index contributed by atoms with van der Waals surface area (Å²) in [4.78, 5) is 6.21. The van der Waals surface area contributed by atoms with Crippen molar-refractivity contribution in [2.75, 3.05) is 33.5 Å². The smallest absolute Gasteiger partial charge is 0.162 e. The van der Waals surface area contributed by atoms with E-state index in [2.05, 4.69) is 4.98 Å². The van der Waals surface area contributed by atoms with Gasteiger partial charge < -0.3 is 15.4 Å². The van der Waals surface area contributed by atoms with Crippen LogP contribution in [0, 0.1) is 11.6 Å². The Morgan fingerprint density at radius 3 is 2.35 bits per heavy atom. The highest BCUT2D eigenvalue weighted by Crippen LogP contribution is 2.20. The van der Waals surface area contributed by atoms with Crippen molar-refractivity contribution in [1.82, 2.24) is 9.88 Å². The molecule has 0 aliphatic rings. The Morgan fingerprint density at radius 1 is 1.04 bits per heavy atom. The van der Waals surface area contributed by atoms with Crippen LogP contribution in [-0.2, 0) is 19.3 Å². The molecular weight excluding hydrogens is 383 g/mol. The van der Waals surface area contributed by atoms with Crippen LogP contribution in [0.3, 0.4) is 0 Å². The number of halogens is 4. The molecule has 1 aromatic heterocycles. The molecule has 2 N–H and O–H groups in total. The molecular formula is C18H25Cl2F2N3O. The van der Waals surface area contributed by atoms with Crippen LogP contribution in [0.4, 0.5) is 14.6 Å². The Labute approximate surface area is 165 Å². The third-order valence-corrected chi connectivity index (χ3v) is 3.77. The summed E-state index contributed by atoms with van der Waals surface area (Å²) < 4.78 is 33.0. The van der Waals surface area contributed by atoms with E-state index in [-0.39, 0.29) is 24.8 Å². The molecule has 0 fully saturated rings. The largest absolute Gasteiger partial charge is 0.497 e. The van der Waals surface area contributed by atoms with Crippen molar-refractivity contribution >= 4 is 30.6 Å². The van der Waals surface area contributed by atoms with E-state index < -0.39 is 11.6 Å². The van der Waals surface area contributed by atoms with Crippen LogP contribution in [0.1, 0.15) is 16.8 Å². The fraction of sp³-hybridized carbons (Fsp3) is 0.389. The fourth-order valence-corrected chi connectivity index (χ4v) is 2.48. The number of nitrogen functional groups attached to an aromatic ring is 1. The van der Waals surface area contributed by atoms with Crippen LogP contribution in [0.5, 0.6) is 5.75 Å². The van der Waals surface area contributed by atoms with Gasteiger partial charge in [-0.15, -0.1) is 24.8 Å². The van der Waals surface area contributed by atoms with E-state index in [0.717, 1.165) is 12.1 Å². The summed E-state index contributed by atoms with van der Waals surface area (Å²) in [5, 5.41) is 0. The lowest BCUT2D eigenvalue weighted by molar-refractivity contribution is 0.412. The van der Waals surface area contributed by atoms with Gasteiger partial charge in [0.1, 0.15) is 11.6 Å². The molecule has 0 unspecified atom stereocenters. The molecule has 0 amide bonds. The average molecular weight is 408 g/mol. The van der Waals surface area contributed by atoms with E-state index in [1.54, 1.807) is 25.3 Å². The van der Waals surface area contributed by atoms with Crippen molar-refractivity contribution in [3.8, 4) is 5.75 Å². The third kappa shape index (κ3) is 6.94. The monoisotopic (exact) mass is 407 g/mol. The summed E-state index contributed by atoms with van der Waals surface area (Å²) in [6, 6.07) is 6.36. The number of nitrogens with two attached hydrogens (primary N) is 1. The Hall–Kier alpha value is -1.63. The normalized spacial score (nSPS) is 10.2. The van der Waals surface area contributed by atoms with E-state index in [4.69, 9.17) is 10.5 Å². The predicted molar refractivity (Wildman–Crippen MR) is 106 cm³/mol. The molecule has 0 aliphatic carbocycles. The number of anilines is 1. The third-order valence-electron chi connectivity index (χ3n) is 3.77. The SMILES string of the molecule is COc1cc(N)nc(CCc2cc(CCN(C)C)cc(F)c2F)c1.Cl.Cl. The topological polar surface area (TPSA) is 51.4 Å². The first-order chi connectivity index (χ1) is 11.4. The molecule has 0 aliphatic heterocycles. The summed E-state index contributed by atoms with van der Waals surface area (Å²) in [5.41, 5.74) is 7.55. The molecule has 4 nitrogen and oxygen atoms in total. The van der Waals surface area contributed by atoms with Crippen molar-refractivity contribution in [2.45, 2.75) is 19.3 Å². The fourth-order valence-electron chi connectivity index (χ4n) is 2.48. The molecule has 146 valence electrons. The zero-order valence-corrected chi connectivity index (χ0v) is 16.7. The highest BCUT2D eigenvalue weighted by molar-refractivity contribution is 5.85. The van der Waals surface area contributed by atoms with Crippen LogP contribution in [-0.4, -0.2) is 37.6 Å². The maximum Gasteiger partial charge on any atom is 0.162 e. The minimum absolute atomic E-state index is 0. The van der Waals surface area contributed by atoms with E-state index in [1.807, 2.05) is 19.0 Å². The number of nitrogens with zero attached hydrogens (tertiary/aromatic N) is 2. The molecule has 0 saturated carbocycles. The molecule has 1 aromatic carbocycles. The number of ether oxygens (including phenoxy) is 1. The van der Waals surface area contributed by atoms with Gasteiger partial charge in [0.05, 0.1) is 7.11 Å². The van der Waals surface area contributed by atoms with Gasteiger partial charge in [0.25, 0.3) is 0 Å². The number of rotatable bonds is 7. The Kier molecular flexibility index (Phi) is 10.5. The van der Waals surface area contributed by atoms with Crippen LogP contribution >= 0.6 is 24.8 Å². The van der Waals surface area contributed by atoms with E-state index in [0.29, 0.717) is 42.1 Å². The predicted octanol–water partition coefficient (Wildman–Crippen LogP) is 3.68. The minimum atomic E-state index is -0.806. The van der Waals surface area contributed by atoms with Gasteiger partial charge in [-0.05, 0) is 50.6 Å². The molecule has 0 spiro atoms. The number of aromatic nitrogens is 1. The van der Waals surface area contributed by atoms with Gasteiger partial charge in [-0.25, -0.2) is 13.8 Å². The zero-order valence-electron chi connectivity index (χ0n) is 15.1. The molecule has 1 heterocycles. The maximum absolute atomic E-state index is 14.1. The summed E-state index contributed by atoms with van der Waals surface area (Å²) >= 11 is 0. The first kappa shape index (κ1) is 24.4. The van der Waals surface area contributed by atoms with Gasteiger partial charge in [-0.1, -0.05) is 6.07 Å². The lowest BCUT2D eigenvalue weighted by Crippen LogP contribution is -2.15. The first-order valence-corrected chi connectivity index (χ1v) is 7.81. The maximum atomic E-state index is 14.1. The number of hydrogen-bond donors (Lipinski definition) is 1. The number of likely N-dealkylation sites (N-methyl/N-ethyl adjacent to an activating group) is 1. The van der Waals surface area contributed by atoms with Crippen molar-refractivity contribution < 1.29 is 13.5 Å². The van der Waals surface area contributed by atoms with Gasteiger partial charge in [-0.2, -0.15) is 0 Å². The Balaban J connectivity index is 0.00000312. The lowest BCUT2D eigenvalue weighted by Gasteiger charge is -2.12. The number of aryl methyl sites for hydroxylation is 2. The first-order valence-electron chi connectivity index (χ1n) is 7.81. The van der Waals surface area contributed by atoms with Crippen molar-refractivity contribution in [1.29, 1.82) is 0 Å². The van der Waals surface area contributed by atoms with Crippen LogP contribution in [0.2, 0.25) is 0 Å². The Morgan fingerprint density at radius 2 is 1.73 bits per heavy atom. The standard InChI is InChI=1S/C18H23F2N3O.2ClH/c1-23(2)7-6-12-8-13(18(20)16(19)9-12)4-5-14-10-15(24-3)11-17(21)22-14;;/h8-11H,4-7H2,1-3H3,(H2,21,22);2*1H. The molecule has 0 saturated heterocycles. The molecule has 0 atom stereocenters. The van der Waals surface area contributed by atoms with Gasteiger partial charge in [0.2, 0.25) is 0 Å². The number of methoxy groups -OCH3 is 1. The molecule has 8 heteroatoms. The number of benzene rings is 1. The second-order valence-corrected chi connectivity index (χ2v) is 6.03. The van der Waals surface area contributed by atoms with Gasteiger partial charge >= 0.3 is 0 Å². The summed E-state index contributed by atoms with van der Waals surface area (Å²) in [6.07, 6.45) is 1.47. The van der Waals surface area contributed by atoms with E-state index >= 15 is 0 Å². The van der Waals surface area contributed by atoms with Crippen LogP contribution in [0.15, 0.2) is 24.3 Å².